The number of rotatable bonds is 2. The van der Waals surface area contributed by atoms with Crippen LogP contribution in [0.15, 0.2) is 29.1 Å². The molecule has 1 aromatic carbocycles. The fourth-order valence-corrected chi connectivity index (χ4v) is 1.65. The van der Waals surface area contributed by atoms with Crippen molar-refractivity contribution in [2.45, 2.75) is 6.10 Å². The second-order valence-corrected chi connectivity index (χ2v) is 3.48. The molecule has 4 N–H and O–H groups in total. The Morgan fingerprint density at radius 2 is 2.00 bits per heavy atom. The molecule has 2 rings (SSSR count). The highest BCUT2D eigenvalue weighted by atomic mass is 16.3. The summed E-state index contributed by atoms with van der Waals surface area (Å²) in [6.07, 6.45) is -1.03. The van der Waals surface area contributed by atoms with Gasteiger partial charge in [0.15, 0.2) is 0 Å². The number of pyridine rings is 1. The van der Waals surface area contributed by atoms with Gasteiger partial charge in [0.1, 0.15) is 11.9 Å². The molecule has 0 amide bonds. The molecular formula is C11H11NO4. The van der Waals surface area contributed by atoms with E-state index in [-0.39, 0.29) is 16.8 Å². The summed E-state index contributed by atoms with van der Waals surface area (Å²) >= 11 is 0. The first kappa shape index (κ1) is 10.7. The summed E-state index contributed by atoms with van der Waals surface area (Å²) in [6.45, 7) is -0.418. The highest BCUT2D eigenvalue weighted by Gasteiger charge is 2.12. The van der Waals surface area contributed by atoms with Gasteiger partial charge >= 0.3 is 0 Å². The number of H-pyrrole nitrogens is 1. The van der Waals surface area contributed by atoms with Crippen LogP contribution in [0.25, 0.3) is 10.9 Å². The van der Waals surface area contributed by atoms with Gasteiger partial charge in [0.25, 0.3) is 0 Å². The number of aromatic nitrogens is 1. The first-order valence-electron chi connectivity index (χ1n) is 4.77. The van der Waals surface area contributed by atoms with Gasteiger partial charge in [-0.2, -0.15) is 0 Å². The van der Waals surface area contributed by atoms with Crippen molar-refractivity contribution in [2.75, 3.05) is 6.61 Å². The van der Waals surface area contributed by atoms with E-state index in [4.69, 9.17) is 5.11 Å². The van der Waals surface area contributed by atoms with Crippen LogP contribution in [0.1, 0.15) is 11.7 Å². The first-order chi connectivity index (χ1) is 7.63. The summed E-state index contributed by atoms with van der Waals surface area (Å²) in [5.41, 5.74) is 0.391. The van der Waals surface area contributed by atoms with Gasteiger partial charge in [-0.3, -0.25) is 4.79 Å². The van der Waals surface area contributed by atoms with Crippen LogP contribution < -0.4 is 5.56 Å². The van der Waals surface area contributed by atoms with Gasteiger partial charge in [-0.1, -0.05) is 6.07 Å². The van der Waals surface area contributed by atoms with Crippen LogP contribution in [0.4, 0.5) is 0 Å². The second kappa shape index (κ2) is 3.96. The molecule has 5 heteroatoms. The summed E-state index contributed by atoms with van der Waals surface area (Å²) in [5.74, 6) is -0.0680. The lowest BCUT2D eigenvalue weighted by Gasteiger charge is -2.11. The molecule has 2 aromatic rings. The predicted molar refractivity (Wildman–Crippen MR) is 58.3 cm³/mol. The number of aromatic amines is 1. The predicted octanol–water partition coefficient (Wildman–Crippen LogP) is 0.259. The normalized spacial score (nSPS) is 12.9. The Bertz CT molecular complexity index is 576. The quantitative estimate of drug-likeness (QED) is 0.585. The summed E-state index contributed by atoms with van der Waals surface area (Å²) < 4.78 is 0. The molecule has 1 heterocycles. The Hall–Kier alpha value is -1.85. The number of nitrogens with one attached hydrogen (secondary N) is 1. The Balaban J connectivity index is 2.79. The van der Waals surface area contributed by atoms with Crippen LogP contribution in [0.5, 0.6) is 5.75 Å². The molecule has 0 aliphatic heterocycles. The van der Waals surface area contributed by atoms with E-state index in [1.807, 2.05) is 0 Å². The summed E-state index contributed by atoms with van der Waals surface area (Å²) in [7, 11) is 0. The summed E-state index contributed by atoms with van der Waals surface area (Å²) in [5, 5.41) is 28.5. The van der Waals surface area contributed by atoms with Crippen LogP contribution in [0, 0.1) is 0 Å². The van der Waals surface area contributed by atoms with Gasteiger partial charge < -0.3 is 20.3 Å². The molecule has 0 spiro atoms. The molecule has 0 bridgehead atoms. The van der Waals surface area contributed by atoms with Crippen molar-refractivity contribution in [1.82, 2.24) is 4.98 Å². The topological polar surface area (TPSA) is 93.6 Å². The molecule has 5 nitrogen and oxygen atoms in total. The van der Waals surface area contributed by atoms with Crippen LogP contribution in [0.3, 0.4) is 0 Å². The van der Waals surface area contributed by atoms with Crippen LogP contribution >= 0.6 is 0 Å². The van der Waals surface area contributed by atoms with Crippen molar-refractivity contribution in [1.29, 1.82) is 0 Å². The lowest BCUT2D eigenvalue weighted by atomic mass is 10.0. The third-order valence-electron chi connectivity index (χ3n) is 2.44. The molecule has 0 aliphatic carbocycles. The fraction of sp³-hybridized carbons (Fsp3) is 0.182. The average molecular weight is 221 g/mol. The van der Waals surface area contributed by atoms with Crippen molar-refractivity contribution >= 4 is 10.9 Å². The van der Waals surface area contributed by atoms with E-state index in [1.54, 1.807) is 0 Å². The smallest absolute Gasteiger partial charge is 0.248 e. The van der Waals surface area contributed by atoms with E-state index in [9.17, 15) is 15.0 Å². The van der Waals surface area contributed by atoms with Gasteiger partial charge in [-0.05, 0) is 17.7 Å². The largest absolute Gasteiger partial charge is 0.506 e. The Morgan fingerprint density at radius 1 is 1.25 bits per heavy atom. The number of phenols is 1. The van der Waals surface area contributed by atoms with E-state index in [1.165, 1.54) is 24.3 Å². The zero-order chi connectivity index (χ0) is 11.7. The van der Waals surface area contributed by atoms with Gasteiger partial charge in [0, 0.05) is 11.5 Å². The molecule has 0 fully saturated rings. The summed E-state index contributed by atoms with van der Waals surface area (Å²) in [6, 6.07) is 5.68. The number of phenolic OH excluding ortho intramolecular Hbond substituents is 1. The van der Waals surface area contributed by atoms with E-state index in [0.717, 1.165) is 0 Å². The van der Waals surface area contributed by atoms with Gasteiger partial charge in [-0.25, -0.2) is 0 Å². The lowest BCUT2D eigenvalue weighted by Crippen LogP contribution is -2.07. The maximum absolute atomic E-state index is 11.1. The molecule has 16 heavy (non-hydrogen) atoms. The minimum Gasteiger partial charge on any atom is -0.506 e. The number of fused-ring (bicyclic) bond motifs is 1. The lowest BCUT2D eigenvalue weighted by molar-refractivity contribution is 0.0967. The van der Waals surface area contributed by atoms with Crippen LogP contribution in [0.2, 0.25) is 0 Å². The molecule has 0 unspecified atom stereocenters. The zero-order valence-corrected chi connectivity index (χ0v) is 8.34. The number of hydrogen-bond donors (Lipinski definition) is 4. The van der Waals surface area contributed by atoms with Gasteiger partial charge in [0.2, 0.25) is 5.56 Å². The molecule has 0 saturated carbocycles. The standard InChI is InChI=1S/C11H11NO4/c13-5-9(15)6-1-3-8(14)11-7(6)2-4-10(16)12-11/h1-4,9,13-15H,5H2,(H,12,16)/t9-/m0/s1. The van der Waals surface area contributed by atoms with Gasteiger partial charge in [0.05, 0.1) is 12.1 Å². The third-order valence-corrected chi connectivity index (χ3v) is 2.44. The maximum atomic E-state index is 11.1. The molecule has 0 saturated heterocycles. The van der Waals surface area contributed by atoms with Crippen LogP contribution in [-0.2, 0) is 0 Å². The van der Waals surface area contributed by atoms with E-state index in [0.29, 0.717) is 10.9 Å². The highest BCUT2D eigenvalue weighted by molar-refractivity contribution is 5.87. The Kier molecular flexibility index (Phi) is 2.64. The minimum atomic E-state index is -1.03. The van der Waals surface area contributed by atoms with Gasteiger partial charge in [-0.15, -0.1) is 0 Å². The van der Waals surface area contributed by atoms with Crippen molar-refractivity contribution in [2.24, 2.45) is 0 Å². The molecule has 0 radical (unpaired) electrons. The highest BCUT2D eigenvalue weighted by Crippen LogP contribution is 2.28. The van der Waals surface area contributed by atoms with Crippen molar-refractivity contribution < 1.29 is 15.3 Å². The molecule has 84 valence electrons. The second-order valence-electron chi connectivity index (χ2n) is 3.48. The number of benzene rings is 1. The SMILES string of the molecule is O=c1ccc2c([C@@H](O)CO)ccc(O)c2[nH]1. The van der Waals surface area contributed by atoms with E-state index in [2.05, 4.69) is 4.98 Å². The molecule has 1 atom stereocenters. The van der Waals surface area contributed by atoms with Crippen LogP contribution in [-0.4, -0.2) is 26.9 Å². The number of aromatic hydroxyl groups is 1. The monoisotopic (exact) mass is 221 g/mol. The zero-order valence-electron chi connectivity index (χ0n) is 8.34. The summed E-state index contributed by atoms with van der Waals surface area (Å²) in [4.78, 5) is 13.6. The van der Waals surface area contributed by atoms with Crippen molar-refractivity contribution in [3.8, 4) is 5.75 Å². The van der Waals surface area contributed by atoms with Crippen molar-refractivity contribution in [3.05, 3.63) is 40.2 Å². The number of hydrogen-bond acceptors (Lipinski definition) is 4. The third kappa shape index (κ3) is 1.66. The maximum Gasteiger partial charge on any atom is 0.248 e. The Morgan fingerprint density at radius 3 is 2.69 bits per heavy atom. The molecule has 1 aromatic heterocycles. The Labute approximate surface area is 90.6 Å². The first-order valence-corrected chi connectivity index (χ1v) is 4.77. The van der Waals surface area contributed by atoms with Crippen molar-refractivity contribution in [3.63, 3.8) is 0 Å². The number of aliphatic hydroxyl groups is 2. The van der Waals surface area contributed by atoms with E-state index >= 15 is 0 Å². The van der Waals surface area contributed by atoms with E-state index < -0.39 is 12.7 Å². The molecular weight excluding hydrogens is 210 g/mol. The average Bonchev–Trinajstić information content (AvgIpc) is 2.29. The molecule has 0 aliphatic rings. The minimum absolute atomic E-state index is 0.0680. The fourth-order valence-electron chi connectivity index (χ4n) is 1.65. The number of aliphatic hydroxyl groups excluding tert-OH is 2.